The van der Waals surface area contributed by atoms with Gasteiger partial charge in [-0.15, -0.1) is 0 Å². The standard InChI is InChI=1S/C11H9BrN2O2/c1-7(15)4-11(16)14-10-3-2-9(12)5-8(10)6-13/h2-3,5H,4H2,1H3,(H,14,16). The monoisotopic (exact) mass is 280 g/mol. The number of nitriles is 1. The Morgan fingerprint density at radius 3 is 2.75 bits per heavy atom. The first kappa shape index (κ1) is 12.4. The fourth-order valence-corrected chi connectivity index (χ4v) is 1.50. The Kier molecular flexibility index (Phi) is 4.20. The van der Waals surface area contributed by atoms with Crippen LogP contribution in [0.1, 0.15) is 18.9 Å². The normalized spacial score (nSPS) is 9.31. The first-order valence-electron chi connectivity index (χ1n) is 4.52. The largest absolute Gasteiger partial charge is 0.325 e. The number of nitrogens with one attached hydrogen (secondary N) is 1. The van der Waals surface area contributed by atoms with E-state index < -0.39 is 5.91 Å². The number of rotatable bonds is 3. The minimum Gasteiger partial charge on any atom is -0.325 e. The number of halogens is 1. The molecule has 0 aliphatic rings. The highest BCUT2D eigenvalue weighted by Gasteiger charge is 2.08. The number of amides is 1. The van der Waals surface area contributed by atoms with Crippen LogP contribution in [-0.4, -0.2) is 11.7 Å². The maximum absolute atomic E-state index is 11.3. The van der Waals surface area contributed by atoms with Crippen LogP contribution >= 0.6 is 15.9 Å². The highest BCUT2D eigenvalue weighted by Crippen LogP contribution is 2.20. The first-order valence-corrected chi connectivity index (χ1v) is 5.31. The molecular formula is C11H9BrN2O2. The van der Waals surface area contributed by atoms with Crippen LogP contribution in [0.3, 0.4) is 0 Å². The summed E-state index contributed by atoms with van der Waals surface area (Å²) < 4.78 is 0.758. The molecule has 0 bridgehead atoms. The summed E-state index contributed by atoms with van der Waals surface area (Å²) in [7, 11) is 0. The lowest BCUT2D eigenvalue weighted by atomic mass is 10.2. The number of hydrogen-bond donors (Lipinski definition) is 1. The van der Waals surface area contributed by atoms with Gasteiger partial charge in [-0.25, -0.2) is 0 Å². The average Bonchev–Trinajstić information content (AvgIpc) is 2.19. The van der Waals surface area contributed by atoms with E-state index in [2.05, 4.69) is 21.2 Å². The second-order valence-corrected chi connectivity index (χ2v) is 4.14. The van der Waals surface area contributed by atoms with Crippen molar-refractivity contribution in [2.24, 2.45) is 0 Å². The lowest BCUT2D eigenvalue weighted by Gasteiger charge is -2.05. The van der Waals surface area contributed by atoms with Gasteiger partial charge in [0.2, 0.25) is 5.91 Å². The van der Waals surface area contributed by atoms with Crippen molar-refractivity contribution in [1.29, 1.82) is 5.26 Å². The van der Waals surface area contributed by atoms with Crippen molar-refractivity contribution < 1.29 is 9.59 Å². The number of anilines is 1. The summed E-state index contributed by atoms with van der Waals surface area (Å²) in [6.07, 6.45) is -0.180. The maximum Gasteiger partial charge on any atom is 0.231 e. The molecule has 1 aromatic rings. The minimum atomic E-state index is -0.411. The third-order valence-electron chi connectivity index (χ3n) is 1.79. The van der Waals surface area contributed by atoms with Crippen LogP contribution in [0.25, 0.3) is 0 Å². The molecule has 16 heavy (non-hydrogen) atoms. The van der Waals surface area contributed by atoms with Gasteiger partial charge in [0.15, 0.2) is 0 Å². The number of nitrogens with zero attached hydrogens (tertiary/aromatic N) is 1. The SMILES string of the molecule is CC(=O)CC(=O)Nc1ccc(Br)cc1C#N. The fraction of sp³-hybridized carbons (Fsp3) is 0.182. The molecule has 4 nitrogen and oxygen atoms in total. The molecular weight excluding hydrogens is 272 g/mol. The molecule has 0 radical (unpaired) electrons. The second-order valence-electron chi connectivity index (χ2n) is 3.23. The van der Waals surface area contributed by atoms with E-state index >= 15 is 0 Å². The predicted octanol–water partition coefficient (Wildman–Crippen LogP) is 2.24. The van der Waals surface area contributed by atoms with Crippen molar-refractivity contribution in [3.8, 4) is 6.07 Å². The van der Waals surface area contributed by atoms with Gasteiger partial charge >= 0.3 is 0 Å². The van der Waals surface area contributed by atoms with Crippen LogP contribution in [0.2, 0.25) is 0 Å². The molecule has 0 aliphatic carbocycles. The second kappa shape index (κ2) is 5.42. The Morgan fingerprint density at radius 1 is 1.50 bits per heavy atom. The van der Waals surface area contributed by atoms with Gasteiger partial charge < -0.3 is 5.32 Å². The molecule has 1 N–H and O–H groups in total. The first-order chi connectivity index (χ1) is 7.52. The van der Waals surface area contributed by atoms with Gasteiger partial charge in [0.1, 0.15) is 11.9 Å². The zero-order chi connectivity index (χ0) is 12.1. The number of carbonyl (C=O) groups is 2. The quantitative estimate of drug-likeness (QED) is 0.864. The zero-order valence-electron chi connectivity index (χ0n) is 8.58. The Balaban J connectivity index is 2.86. The molecule has 1 aromatic carbocycles. The average molecular weight is 281 g/mol. The summed E-state index contributed by atoms with van der Waals surface area (Å²) in [6, 6.07) is 6.89. The molecule has 0 atom stereocenters. The molecule has 0 spiro atoms. The number of hydrogen-bond acceptors (Lipinski definition) is 3. The van der Waals surface area contributed by atoms with Gasteiger partial charge in [0.05, 0.1) is 17.7 Å². The zero-order valence-corrected chi connectivity index (χ0v) is 10.2. The fourth-order valence-electron chi connectivity index (χ4n) is 1.14. The lowest BCUT2D eigenvalue weighted by molar-refractivity contribution is -0.124. The molecule has 0 aliphatic heterocycles. The van der Waals surface area contributed by atoms with Gasteiger partial charge in [0.25, 0.3) is 0 Å². The van der Waals surface area contributed by atoms with E-state index in [4.69, 9.17) is 5.26 Å². The molecule has 0 fully saturated rings. The van der Waals surface area contributed by atoms with E-state index in [1.807, 2.05) is 6.07 Å². The van der Waals surface area contributed by atoms with Gasteiger partial charge in [0, 0.05) is 4.47 Å². The summed E-state index contributed by atoms with van der Waals surface area (Å²) >= 11 is 3.23. The van der Waals surface area contributed by atoms with Crippen LogP contribution in [0.15, 0.2) is 22.7 Å². The lowest BCUT2D eigenvalue weighted by Crippen LogP contribution is -2.15. The van der Waals surface area contributed by atoms with Crippen LogP contribution in [0, 0.1) is 11.3 Å². The predicted molar refractivity (Wildman–Crippen MR) is 62.8 cm³/mol. The van der Waals surface area contributed by atoms with E-state index in [-0.39, 0.29) is 12.2 Å². The molecule has 0 saturated heterocycles. The molecule has 0 unspecified atom stereocenters. The number of carbonyl (C=O) groups excluding carboxylic acids is 2. The van der Waals surface area contributed by atoms with E-state index in [1.165, 1.54) is 6.92 Å². The summed E-state index contributed by atoms with van der Waals surface area (Å²) in [5.74, 6) is -0.626. The van der Waals surface area contributed by atoms with Crippen molar-refractivity contribution >= 4 is 33.3 Å². The van der Waals surface area contributed by atoms with Gasteiger partial charge in [-0.05, 0) is 25.1 Å². The Labute approximate surface area is 101 Å². The smallest absolute Gasteiger partial charge is 0.231 e. The Bertz CT molecular complexity index is 477. The van der Waals surface area contributed by atoms with Crippen LogP contribution in [-0.2, 0) is 9.59 Å². The third kappa shape index (κ3) is 3.48. The topological polar surface area (TPSA) is 70.0 Å². The molecule has 0 saturated carbocycles. The Hall–Kier alpha value is -1.67. The van der Waals surface area contributed by atoms with Crippen molar-refractivity contribution in [2.75, 3.05) is 5.32 Å². The summed E-state index contributed by atoms with van der Waals surface area (Å²) in [4.78, 5) is 22.0. The molecule has 0 heterocycles. The summed E-state index contributed by atoms with van der Waals surface area (Å²) in [5, 5.41) is 11.4. The molecule has 1 amide bonds. The van der Waals surface area contributed by atoms with Crippen molar-refractivity contribution in [3.63, 3.8) is 0 Å². The van der Waals surface area contributed by atoms with Gasteiger partial charge in [-0.3, -0.25) is 9.59 Å². The highest BCUT2D eigenvalue weighted by atomic mass is 79.9. The van der Waals surface area contributed by atoms with Crippen LogP contribution < -0.4 is 5.32 Å². The number of benzene rings is 1. The molecule has 1 rings (SSSR count). The number of ketones is 1. The van der Waals surface area contributed by atoms with Crippen molar-refractivity contribution in [3.05, 3.63) is 28.2 Å². The minimum absolute atomic E-state index is 0.180. The third-order valence-corrected chi connectivity index (χ3v) is 2.28. The van der Waals surface area contributed by atoms with Crippen LogP contribution in [0.4, 0.5) is 5.69 Å². The maximum atomic E-state index is 11.3. The van der Waals surface area contributed by atoms with Crippen molar-refractivity contribution in [1.82, 2.24) is 0 Å². The van der Waals surface area contributed by atoms with Gasteiger partial charge in [-0.2, -0.15) is 5.26 Å². The number of Topliss-reactive ketones (excluding diaryl/α,β-unsaturated/α-hetero) is 1. The summed E-state index contributed by atoms with van der Waals surface area (Å²) in [6.45, 7) is 1.34. The van der Waals surface area contributed by atoms with Gasteiger partial charge in [-0.1, -0.05) is 15.9 Å². The molecule has 5 heteroatoms. The Morgan fingerprint density at radius 2 is 2.19 bits per heavy atom. The highest BCUT2D eigenvalue weighted by molar-refractivity contribution is 9.10. The van der Waals surface area contributed by atoms with E-state index in [9.17, 15) is 9.59 Å². The van der Waals surface area contributed by atoms with Crippen LogP contribution in [0.5, 0.6) is 0 Å². The van der Waals surface area contributed by atoms with E-state index in [0.717, 1.165) is 4.47 Å². The van der Waals surface area contributed by atoms with E-state index in [1.54, 1.807) is 18.2 Å². The molecule has 0 aromatic heterocycles. The molecule has 82 valence electrons. The van der Waals surface area contributed by atoms with E-state index in [0.29, 0.717) is 11.3 Å². The van der Waals surface area contributed by atoms with Crippen molar-refractivity contribution in [2.45, 2.75) is 13.3 Å². The summed E-state index contributed by atoms with van der Waals surface area (Å²) in [5.41, 5.74) is 0.767.